The maximum Gasteiger partial charge on any atom is 0.305 e. The van der Waals surface area contributed by atoms with Crippen LogP contribution in [0.4, 0.5) is 5.69 Å². The van der Waals surface area contributed by atoms with E-state index in [0.717, 1.165) is 32.1 Å². The fraction of sp³-hybridized carbons (Fsp3) is 0.308. The third-order valence-electron chi connectivity index (χ3n) is 5.50. The molecular formula is C26H26BrNO3S. The number of carbonyl (C=O) groups is 2. The molecule has 6 heteroatoms. The summed E-state index contributed by atoms with van der Waals surface area (Å²) in [5, 5.41) is 11.0. The van der Waals surface area contributed by atoms with E-state index >= 15 is 0 Å². The lowest BCUT2D eigenvalue weighted by molar-refractivity contribution is -0.138. The molecule has 0 spiro atoms. The van der Waals surface area contributed by atoms with E-state index in [9.17, 15) is 14.7 Å². The lowest BCUT2D eigenvalue weighted by Crippen LogP contribution is -2.42. The Morgan fingerprint density at radius 2 is 1.78 bits per heavy atom. The van der Waals surface area contributed by atoms with Gasteiger partial charge in [0, 0.05) is 16.7 Å². The first-order chi connectivity index (χ1) is 15.1. The van der Waals surface area contributed by atoms with Crippen LogP contribution in [0.3, 0.4) is 0 Å². The van der Waals surface area contributed by atoms with Gasteiger partial charge in [-0.05, 0) is 45.5 Å². The summed E-state index contributed by atoms with van der Waals surface area (Å²) in [5.74, 6) is -1.10. The summed E-state index contributed by atoms with van der Waals surface area (Å²) in [6.45, 7) is 6.78. The maximum absolute atomic E-state index is 13.7. The summed E-state index contributed by atoms with van der Waals surface area (Å²) < 4.78 is 0.932. The van der Waals surface area contributed by atoms with Crippen LogP contribution in [-0.2, 0) is 9.59 Å². The highest BCUT2D eigenvalue weighted by Crippen LogP contribution is 2.49. The van der Waals surface area contributed by atoms with Gasteiger partial charge in [-0.2, -0.15) is 0 Å². The van der Waals surface area contributed by atoms with Gasteiger partial charge in [-0.25, -0.2) is 0 Å². The fourth-order valence-electron chi connectivity index (χ4n) is 4.22. The van der Waals surface area contributed by atoms with Crippen LogP contribution in [-0.4, -0.2) is 28.8 Å². The molecule has 0 radical (unpaired) electrons. The lowest BCUT2D eigenvalue weighted by atomic mass is 9.93. The number of halogens is 1. The molecule has 1 aliphatic rings. The van der Waals surface area contributed by atoms with Crippen LogP contribution < -0.4 is 4.90 Å². The Morgan fingerprint density at radius 1 is 1.06 bits per heavy atom. The van der Waals surface area contributed by atoms with Gasteiger partial charge in [0.2, 0.25) is 5.91 Å². The molecule has 4 nitrogen and oxygen atoms in total. The Labute approximate surface area is 201 Å². The predicted molar refractivity (Wildman–Crippen MR) is 135 cm³/mol. The molecule has 3 aromatic rings. The van der Waals surface area contributed by atoms with Crippen molar-refractivity contribution in [1.82, 2.24) is 0 Å². The molecule has 0 unspecified atom stereocenters. The molecule has 1 N–H and O–H groups in total. The van der Waals surface area contributed by atoms with E-state index in [-0.39, 0.29) is 23.0 Å². The van der Waals surface area contributed by atoms with Gasteiger partial charge < -0.3 is 10.0 Å². The van der Waals surface area contributed by atoms with Crippen molar-refractivity contribution in [2.75, 3.05) is 11.4 Å². The highest BCUT2D eigenvalue weighted by Gasteiger charge is 2.39. The Morgan fingerprint density at radius 3 is 2.50 bits per heavy atom. The molecule has 1 amide bonds. The summed E-state index contributed by atoms with van der Waals surface area (Å²) in [7, 11) is 0. The number of carbonyl (C=O) groups excluding carboxylic acids is 1. The Hall–Kier alpha value is -2.31. The standard InChI is InChI=1S/C26H26BrNO3S/c1-26(2,3)15-28-21-12-11-17(27)13-20(21)24(32-22(25(28)31)14-23(29)30)19-10-6-8-16-7-4-5-9-18(16)19/h4-13,22,24H,14-15H2,1-3H3,(H,29,30)/t22-,24-/m0/s1. The number of aliphatic carboxylic acids is 1. The van der Waals surface area contributed by atoms with Crippen molar-refractivity contribution in [3.8, 4) is 0 Å². The van der Waals surface area contributed by atoms with Crippen LogP contribution >= 0.6 is 27.7 Å². The quantitative estimate of drug-likeness (QED) is 0.425. The summed E-state index contributed by atoms with van der Waals surface area (Å²) in [4.78, 5) is 27.2. The minimum Gasteiger partial charge on any atom is -0.481 e. The average molecular weight is 512 g/mol. The third kappa shape index (κ3) is 4.71. The van der Waals surface area contributed by atoms with E-state index < -0.39 is 11.2 Å². The summed E-state index contributed by atoms with van der Waals surface area (Å²) >= 11 is 5.06. The topological polar surface area (TPSA) is 57.6 Å². The van der Waals surface area contributed by atoms with Crippen LogP contribution in [0.1, 0.15) is 43.6 Å². The van der Waals surface area contributed by atoms with Crippen LogP contribution in [0.15, 0.2) is 65.1 Å². The SMILES string of the molecule is CC(C)(C)CN1C(=O)[C@H](CC(=O)O)S[C@@H](c2cccc3ccccc23)c2cc(Br)ccc21. The monoisotopic (exact) mass is 511 g/mol. The number of carboxylic acid groups (broad SMARTS) is 1. The van der Waals surface area contributed by atoms with E-state index in [0.29, 0.717) is 6.54 Å². The second-order valence-corrected chi connectivity index (χ2v) is 11.6. The molecule has 4 rings (SSSR count). The van der Waals surface area contributed by atoms with Gasteiger partial charge in [-0.1, -0.05) is 79.2 Å². The molecule has 0 fully saturated rings. The van der Waals surface area contributed by atoms with E-state index in [1.807, 2.05) is 30.3 Å². The number of hydrogen-bond acceptors (Lipinski definition) is 3. The summed E-state index contributed by atoms with van der Waals surface area (Å²) in [5.41, 5.74) is 2.82. The van der Waals surface area contributed by atoms with Gasteiger partial charge in [0.1, 0.15) is 0 Å². The largest absolute Gasteiger partial charge is 0.481 e. The minimum atomic E-state index is -0.963. The van der Waals surface area contributed by atoms with Crippen molar-refractivity contribution in [3.63, 3.8) is 0 Å². The van der Waals surface area contributed by atoms with Crippen LogP contribution in [0.25, 0.3) is 10.8 Å². The van der Waals surface area contributed by atoms with Crippen LogP contribution in [0, 0.1) is 5.41 Å². The number of carboxylic acids is 1. The molecule has 0 aliphatic carbocycles. The average Bonchev–Trinajstić information content (AvgIpc) is 2.82. The fourth-order valence-corrected chi connectivity index (χ4v) is 6.10. The van der Waals surface area contributed by atoms with Gasteiger partial charge in [0.15, 0.2) is 0 Å². The zero-order valence-electron chi connectivity index (χ0n) is 18.3. The first-order valence-electron chi connectivity index (χ1n) is 10.6. The number of thioether (sulfide) groups is 1. The molecule has 0 saturated heterocycles. The minimum absolute atomic E-state index is 0.140. The van der Waals surface area contributed by atoms with Gasteiger partial charge in [-0.15, -0.1) is 11.8 Å². The van der Waals surface area contributed by atoms with Gasteiger partial charge in [-0.3, -0.25) is 9.59 Å². The number of amides is 1. The molecule has 0 aromatic heterocycles. The summed E-state index contributed by atoms with van der Waals surface area (Å²) in [6, 6.07) is 20.4. The molecule has 166 valence electrons. The lowest BCUT2D eigenvalue weighted by Gasteiger charge is -2.31. The molecule has 32 heavy (non-hydrogen) atoms. The number of rotatable bonds is 4. The van der Waals surface area contributed by atoms with Crippen molar-refractivity contribution in [2.24, 2.45) is 5.41 Å². The second-order valence-electron chi connectivity index (χ2n) is 9.36. The first kappa shape index (κ1) is 22.9. The number of fused-ring (bicyclic) bond motifs is 2. The van der Waals surface area contributed by atoms with Crippen molar-refractivity contribution in [2.45, 2.75) is 37.7 Å². The molecule has 3 aromatic carbocycles. The predicted octanol–water partition coefficient (Wildman–Crippen LogP) is 6.66. The number of nitrogens with zero attached hydrogens (tertiary/aromatic N) is 1. The highest BCUT2D eigenvalue weighted by molar-refractivity contribution is 9.10. The van der Waals surface area contributed by atoms with Crippen molar-refractivity contribution in [1.29, 1.82) is 0 Å². The van der Waals surface area contributed by atoms with Crippen molar-refractivity contribution >= 4 is 56.0 Å². The molecule has 0 bridgehead atoms. The van der Waals surface area contributed by atoms with Crippen molar-refractivity contribution in [3.05, 3.63) is 76.3 Å². The van der Waals surface area contributed by atoms with Gasteiger partial charge >= 0.3 is 5.97 Å². The number of benzene rings is 3. The Kier molecular flexibility index (Phi) is 6.37. The van der Waals surface area contributed by atoms with E-state index in [1.165, 1.54) is 11.8 Å². The highest BCUT2D eigenvalue weighted by atomic mass is 79.9. The summed E-state index contributed by atoms with van der Waals surface area (Å²) in [6.07, 6.45) is -0.208. The molecule has 1 aliphatic heterocycles. The van der Waals surface area contributed by atoms with Crippen LogP contribution in [0.2, 0.25) is 0 Å². The normalized spacial score (nSPS) is 19.0. The molecule has 0 saturated carbocycles. The Bertz CT molecular complexity index is 1180. The zero-order chi connectivity index (χ0) is 23.0. The van der Waals surface area contributed by atoms with Gasteiger partial charge in [0.25, 0.3) is 0 Å². The van der Waals surface area contributed by atoms with E-state index in [2.05, 4.69) is 67.0 Å². The van der Waals surface area contributed by atoms with Crippen molar-refractivity contribution < 1.29 is 14.7 Å². The molecular weight excluding hydrogens is 486 g/mol. The second kappa shape index (κ2) is 8.91. The Balaban J connectivity index is 1.96. The smallest absolute Gasteiger partial charge is 0.305 e. The first-order valence-corrected chi connectivity index (χ1v) is 12.3. The van der Waals surface area contributed by atoms with E-state index in [4.69, 9.17) is 0 Å². The van der Waals surface area contributed by atoms with E-state index in [1.54, 1.807) is 4.90 Å². The zero-order valence-corrected chi connectivity index (χ0v) is 20.7. The molecule has 2 atom stereocenters. The number of hydrogen-bond donors (Lipinski definition) is 1. The molecule has 1 heterocycles. The van der Waals surface area contributed by atoms with Gasteiger partial charge in [0.05, 0.1) is 16.9 Å². The number of anilines is 1. The van der Waals surface area contributed by atoms with Crippen LogP contribution in [0.5, 0.6) is 0 Å². The third-order valence-corrected chi connectivity index (χ3v) is 7.47. The maximum atomic E-state index is 13.7.